The third-order valence-corrected chi connectivity index (χ3v) is 4.88. The molecule has 12 heteroatoms. The molecule has 4 nitrogen and oxygen atoms in total. The highest BCUT2D eigenvalue weighted by atomic mass is 35.5. The van der Waals surface area contributed by atoms with Crippen molar-refractivity contribution < 1.29 is 35.9 Å². The Morgan fingerprint density at radius 2 is 1.86 bits per heavy atom. The SMILES string of the molecule is CCOC(=O)C(Cl)Cc1cccc(C2=C(C(F)(F)F)C(C(F)(F)F)N(C)N2Cl)c1. The molecule has 0 aliphatic carbocycles. The first-order valence-corrected chi connectivity index (χ1v) is 9.03. The van der Waals surface area contributed by atoms with Crippen molar-refractivity contribution in [1.82, 2.24) is 9.54 Å². The van der Waals surface area contributed by atoms with Gasteiger partial charge >= 0.3 is 18.3 Å². The largest absolute Gasteiger partial charge is 0.465 e. The number of halogens is 8. The third kappa shape index (κ3) is 5.10. The van der Waals surface area contributed by atoms with E-state index in [1.807, 2.05) is 0 Å². The fourth-order valence-electron chi connectivity index (χ4n) is 2.97. The Hall–Kier alpha value is -1.65. The predicted molar refractivity (Wildman–Crippen MR) is 94.7 cm³/mol. The zero-order valence-corrected chi connectivity index (χ0v) is 16.6. The average Bonchev–Trinajstić information content (AvgIpc) is 2.87. The first-order chi connectivity index (χ1) is 13.3. The number of hydrogen-bond acceptors (Lipinski definition) is 4. The summed E-state index contributed by atoms with van der Waals surface area (Å²) in [5.41, 5.74) is -2.54. The lowest BCUT2D eigenvalue weighted by Gasteiger charge is -2.28. The van der Waals surface area contributed by atoms with Crippen molar-refractivity contribution in [3.8, 4) is 0 Å². The maximum absolute atomic E-state index is 13.6. The second-order valence-electron chi connectivity index (χ2n) is 6.16. The minimum absolute atomic E-state index is 0.0935. The summed E-state index contributed by atoms with van der Waals surface area (Å²) >= 11 is 11.7. The first-order valence-electron chi connectivity index (χ1n) is 8.25. The topological polar surface area (TPSA) is 32.8 Å². The van der Waals surface area contributed by atoms with Crippen LogP contribution >= 0.6 is 23.4 Å². The molecule has 1 heterocycles. The van der Waals surface area contributed by atoms with Crippen LogP contribution in [0.2, 0.25) is 0 Å². The number of nitrogens with zero attached hydrogens (tertiary/aromatic N) is 2. The number of alkyl halides is 7. The molecule has 0 amide bonds. The number of hydrogen-bond donors (Lipinski definition) is 0. The van der Waals surface area contributed by atoms with Gasteiger partial charge in [-0.3, -0.25) is 4.79 Å². The molecule has 2 rings (SSSR count). The van der Waals surface area contributed by atoms with Crippen LogP contribution in [0.4, 0.5) is 26.3 Å². The van der Waals surface area contributed by atoms with Gasteiger partial charge in [-0.25, -0.2) is 4.53 Å². The van der Waals surface area contributed by atoms with Crippen molar-refractivity contribution in [2.75, 3.05) is 13.7 Å². The van der Waals surface area contributed by atoms with Gasteiger partial charge in [-0.05, 0) is 25.0 Å². The van der Waals surface area contributed by atoms with Crippen LogP contribution in [-0.2, 0) is 16.0 Å². The lowest BCUT2D eigenvalue weighted by molar-refractivity contribution is -0.196. The smallest absolute Gasteiger partial charge is 0.416 e. The zero-order valence-electron chi connectivity index (χ0n) is 15.1. The Morgan fingerprint density at radius 1 is 1.24 bits per heavy atom. The van der Waals surface area contributed by atoms with Gasteiger partial charge in [0.15, 0.2) is 6.04 Å². The van der Waals surface area contributed by atoms with Gasteiger partial charge in [0.1, 0.15) is 5.38 Å². The molecule has 162 valence electrons. The molecular weight excluding hydrogens is 449 g/mol. The summed E-state index contributed by atoms with van der Waals surface area (Å²) in [6.45, 7) is 1.67. The summed E-state index contributed by atoms with van der Waals surface area (Å²) in [5.74, 6) is -0.716. The van der Waals surface area contributed by atoms with Crippen molar-refractivity contribution in [2.45, 2.75) is 37.1 Å². The van der Waals surface area contributed by atoms with Crippen LogP contribution in [0.15, 0.2) is 29.8 Å². The van der Waals surface area contributed by atoms with E-state index < -0.39 is 41.0 Å². The molecule has 0 spiro atoms. The summed E-state index contributed by atoms with van der Waals surface area (Å²) in [6.07, 6.45) is -10.6. The van der Waals surface area contributed by atoms with Crippen molar-refractivity contribution in [3.05, 3.63) is 41.0 Å². The number of benzene rings is 1. The van der Waals surface area contributed by atoms with E-state index in [2.05, 4.69) is 0 Å². The fraction of sp³-hybridized carbons (Fsp3) is 0.471. The van der Waals surface area contributed by atoms with E-state index >= 15 is 0 Å². The molecule has 0 bridgehead atoms. The first kappa shape index (κ1) is 23.6. The highest BCUT2D eigenvalue weighted by Crippen LogP contribution is 2.49. The van der Waals surface area contributed by atoms with E-state index in [0.717, 1.165) is 7.05 Å². The minimum Gasteiger partial charge on any atom is -0.465 e. The Bertz CT molecular complexity index is 797. The van der Waals surface area contributed by atoms with Crippen LogP contribution < -0.4 is 0 Å². The molecule has 0 radical (unpaired) electrons. The van der Waals surface area contributed by atoms with Crippen molar-refractivity contribution >= 4 is 35.0 Å². The van der Waals surface area contributed by atoms with Gasteiger partial charge in [-0.15, -0.1) is 11.6 Å². The molecule has 1 aromatic carbocycles. The second-order valence-corrected chi connectivity index (χ2v) is 7.01. The van der Waals surface area contributed by atoms with Crippen LogP contribution in [0.25, 0.3) is 5.70 Å². The molecule has 2 unspecified atom stereocenters. The Kier molecular flexibility index (Phi) is 7.01. The van der Waals surface area contributed by atoms with E-state index in [1.54, 1.807) is 6.92 Å². The van der Waals surface area contributed by atoms with Crippen LogP contribution in [-0.4, -0.2) is 52.9 Å². The molecule has 0 N–H and O–H groups in total. The molecule has 29 heavy (non-hydrogen) atoms. The molecule has 2 atom stereocenters. The van der Waals surface area contributed by atoms with E-state index in [-0.39, 0.29) is 23.6 Å². The fourth-order valence-corrected chi connectivity index (χ4v) is 3.49. The van der Waals surface area contributed by atoms with Crippen molar-refractivity contribution in [3.63, 3.8) is 0 Å². The summed E-state index contributed by atoms with van der Waals surface area (Å²) < 4.78 is 85.8. The summed E-state index contributed by atoms with van der Waals surface area (Å²) in [6, 6.07) is 2.26. The third-order valence-electron chi connectivity index (χ3n) is 4.14. The average molecular weight is 465 g/mol. The number of ether oxygens (including phenoxy) is 1. The predicted octanol–water partition coefficient (Wildman–Crippen LogP) is 4.92. The van der Waals surface area contributed by atoms with Gasteiger partial charge < -0.3 is 4.74 Å². The molecule has 0 fully saturated rings. The van der Waals surface area contributed by atoms with Gasteiger partial charge in [-0.1, -0.05) is 18.2 Å². The molecule has 1 aliphatic rings. The summed E-state index contributed by atoms with van der Waals surface area (Å²) in [5, 5.41) is -0.849. The van der Waals surface area contributed by atoms with Crippen LogP contribution in [0.3, 0.4) is 0 Å². The highest BCUT2D eigenvalue weighted by Gasteiger charge is 2.60. The Labute approximate surface area is 172 Å². The lowest BCUT2D eigenvalue weighted by atomic mass is 9.98. The molecule has 1 aliphatic heterocycles. The molecule has 0 saturated heterocycles. The number of carbonyl (C=O) groups excluding carboxylic acids is 1. The zero-order chi connectivity index (χ0) is 22.1. The maximum atomic E-state index is 13.6. The number of carbonyl (C=O) groups is 1. The summed E-state index contributed by atoms with van der Waals surface area (Å²) in [4.78, 5) is 11.6. The number of hydrazine groups is 1. The lowest BCUT2D eigenvalue weighted by Crippen LogP contribution is -2.46. The standard InChI is InChI=1S/C17H16Cl2F6N2O2/c1-3-29-15(28)11(18)8-9-5-4-6-10(7-9)13-12(16(20,21)22)14(17(23,24)25)26(2)27(13)19/h4-7,11,14H,3,8H2,1-2H3. The van der Waals surface area contributed by atoms with Gasteiger partial charge in [0.25, 0.3) is 0 Å². The van der Waals surface area contributed by atoms with Crippen molar-refractivity contribution in [2.24, 2.45) is 0 Å². The Balaban J connectivity index is 2.51. The number of likely N-dealkylation sites (N-methyl/N-ethyl adjacent to an activating group) is 1. The van der Waals surface area contributed by atoms with E-state index in [9.17, 15) is 31.1 Å². The minimum atomic E-state index is -5.29. The van der Waals surface area contributed by atoms with Gasteiger partial charge in [-0.2, -0.15) is 31.4 Å². The molecule has 1 aromatic rings. The Morgan fingerprint density at radius 3 is 2.38 bits per heavy atom. The van der Waals surface area contributed by atoms with Gasteiger partial charge in [0, 0.05) is 24.4 Å². The normalized spacial score (nSPS) is 19.7. The van der Waals surface area contributed by atoms with E-state index in [1.165, 1.54) is 24.3 Å². The van der Waals surface area contributed by atoms with E-state index in [0.29, 0.717) is 10.1 Å². The highest BCUT2D eigenvalue weighted by molar-refractivity contribution is 6.30. The molecule has 0 saturated carbocycles. The monoisotopic (exact) mass is 464 g/mol. The van der Waals surface area contributed by atoms with E-state index in [4.69, 9.17) is 28.1 Å². The molecular formula is C17H16Cl2F6N2O2. The van der Waals surface area contributed by atoms with Crippen LogP contribution in [0.5, 0.6) is 0 Å². The van der Waals surface area contributed by atoms with Gasteiger partial charge in [0.05, 0.1) is 17.9 Å². The van der Waals surface area contributed by atoms with Crippen LogP contribution in [0, 0.1) is 0 Å². The maximum Gasteiger partial charge on any atom is 0.416 e. The number of esters is 1. The van der Waals surface area contributed by atoms with Crippen molar-refractivity contribution in [1.29, 1.82) is 0 Å². The quantitative estimate of drug-likeness (QED) is 0.268. The van der Waals surface area contributed by atoms with Crippen LogP contribution in [0.1, 0.15) is 18.1 Å². The number of rotatable bonds is 5. The summed E-state index contributed by atoms with van der Waals surface area (Å²) in [7, 11) is 0.809. The molecule has 0 aromatic heterocycles. The van der Waals surface area contributed by atoms with Gasteiger partial charge in [0.2, 0.25) is 0 Å². The second kappa shape index (κ2) is 8.61.